The van der Waals surface area contributed by atoms with Crippen LogP contribution in [0.5, 0.6) is 10.9 Å². The number of carbonyl (C=O) groups excluding carboxylic acids is 1. The predicted molar refractivity (Wildman–Crippen MR) is 112 cm³/mol. The first-order chi connectivity index (χ1) is 14.1. The minimum Gasteiger partial charge on any atom is -0.431 e. The van der Waals surface area contributed by atoms with E-state index in [2.05, 4.69) is 33.9 Å². The Labute approximate surface area is 173 Å². The van der Waals surface area contributed by atoms with E-state index in [-0.39, 0.29) is 18.1 Å². The number of urea groups is 1. The molecule has 29 heavy (non-hydrogen) atoms. The Morgan fingerprint density at radius 3 is 2.59 bits per heavy atom. The Kier molecular flexibility index (Phi) is 4.60. The van der Waals surface area contributed by atoms with E-state index in [4.69, 9.17) is 10.5 Å². The van der Waals surface area contributed by atoms with E-state index in [1.807, 2.05) is 23.1 Å². The van der Waals surface area contributed by atoms with Crippen molar-refractivity contribution in [1.82, 2.24) is 19.8 Å². The molecule has 3 aromatic rings. The van der Waals surface area contributed by atoms with Gasteiger partial charge < -0.3 is 15.4 Å². The smallest absolute Gasteiger partial charge is 0.315 e. The van der Waals surface area contributed by atoms with Crippen LogP contribution < -0.4 is 10.5 Å². The van der Waals surface area contributed by atoms with Crippen molar-refractivity contribution in [2.45, 2.75) is 38.4 Å². The summed E-state index contributed by atoms with van der Waals surface area (Å²) in [6, 6.07) is 10.4. The van der Waals surface area contributed by atoms with Crippen LogP contribution >= 0.6 is 11.3 Å². The number of likely N-dealkylation sites (tertiary alicyclic amines) is 1. The number of benzene rings is 1. The number of fused-ring (bicyclic) bond motifs is 3. The van der Waals surface area contributed by atoms with Crippen LogP contribution in [-0.4, -0.2) is 51.0 Å². The zero-order valence-corrected chi connectivity index (χ0v) is 17.1. The summed E-state index contributed by atoms with van der Waals surface area (Å²) in [5.74, 6) is 0.768. The van der Waals surface area contributed by atoms with Gasteiger partial charge in [0.05, 0.1) is 4.70 Å². The number of hydrogen-bond donors (Lipinski definition) is 1. The molecule has 2 amide bonds. The average Bonchev–Trinajstić information content (AvgIpc) is 3.23. The minimum atomic E-state index is -0.279. The van der Waals surface area contributed by atoms with E-state index >= 15 is 0 Å². The fourth-order valence-electron chi connectivity index (χ4n) is 4.48. The normalized spacial score (nSPS) is 21.6. The van der Waals surface area contributed by atoms with E-state index in [0.717, 1.165) is 54.1 Å². The molecule has 1 aromatic carbocycles. The van der Waals surface area contributed by atoms with E-state index in [1.165, 1.54) is 16.9 Å². The van der Waals surface area contributed by atoms with E-state index < -0.39 is 0 Å². The molecule has 2 aliphatic heterocycles. The Morgan fingerprint density at radius 1 is 1.21 bits per heavy atom. The Morgan fingerprint density at radius 2 is 1.93 bits per heavy atom. The lowest BCUT2D eigenvalue weighted by molar-refractivity contribution is 0.0883. The van der Waals surface area contributed by atoms with Gasteiger partial charge in [0.25, 0.3) is 5.19 Å². The van der Waals surface area contributed by atoms with Crippen molar-refractivity contribution in [3.63, 3.8) is 0 Å². The van der Waals surface area contributed by atoms with Crippen LogP contribution in [0, 0.1) is 6.92 Å². The Balaban J connectivity index is 1.24. The van der Waals surface area contributed by atoms with Crippen LogP contribution in [0.2, 0.25) is 0 Å². The van der Waals surface area contributed by atoms with Crippen LogP contribution in [0.3, 0.4) is 0 Å². The van der Waals surface area contributed by atoms with Crippen LogP contribution in [-0.2, 0) is 6.54 Å². The van der Waals surface area contributed by atoms with Crippen LogP contribution in [0.4, 0.5) is 4.79 Å². The van der Waals surface area contributed by atoms with E-state index in [9.17, 15) is 4.79 Å². The first-order valence-electron chi connectivity index (χ1n) is 9.86. The molecule has 150 valence electrons. The third-order valence-electron chi connectivity index (χ3n) is 5.82. The second-order valence-corrected chi connectivity index (χ2v) is 8.79. The summed E-state index contributed by atoms with van der Waals surface area (Å²) in [4.78, 5) is 24.7. The topological polar surface area (TPSA) is 84.6 Å². The maximum atomic E-state index is 11.7. The fraction of sp³-hybridized carbons (Fsp3) is 0.381. The number of primary amides is 1. The van der Waals surface area contributed by atoms with Gasteiger partial charge >= 0.3 is 6.03 Å². The van der Waals surface area contributed by atoms with Crippen molar-refractivity contribution in [3.8, 4) is 10.9 Å². The molecule has 2 N–H and O–H groups in total. The molecule has 2 bridgehead atoms. The number of hydrogen-bond acceptors (Lipinski definition) is 6. The highest BCUT2D eigenvalue weighted by atomic mass is 32.1. The molecule has 0 aliphatic carbocycles. The maximum Gasteiger partial charge on any atom is 0.315 e. The van der Waals surface area contributed by atoms with Crippen LogP contribution in [0.15, 0.2) is 36.5 Å². The molecule has 5 rings (SSSR count). The lowest BCUT2D eigenvalue weighted by Gasteiger charge is -2.40. The van der Waals surface area contributed by atoms with E-state index in [1.54, 1.807) is 6.20 Å². The SMILES string of the molecule is Cc1ccnc2nc(Oc3ccc(CN4CC5CCC(C4)N5C(N)=O)cc3)sc12. The van der Waals surface area contributed by atoms with Gasteiger partial charge in [-0.2, -0.15) is 4.98 Å². The Hall–Kier alpha value is -2.71. The quantitative estimate of drug-likeness (QED) is 0.713. The second kappa shape index (κ2) is 7.27. The maximum absolute atomic E-state index is 11.7. The molecule has 2 saturated heterocycles. The van der Waals surface area contributed by atoms with Gasteiger partial charge in [-0.3, -0.25) is 4.90 Å². The van der Waals surface area contributed by atoms with Gasteiger partial charge in [0.1, 0.15) is 5.75 Å². The minimum absolute atomic E-state index is 0.255. The van der Waals surface area contributed by atoms with E-state index in [0.29, 0.717) is 5.19 Å². The number of nitrogens with two attached hydrogens (primary N) is 1. The Bertz CT molecular complexity index is 1040. The standard InChI is InChI=1S/C21H23N5O2S/c1-13-8-9-23-19-18(13)29-21(24-19)28-17-6-2-14(3-7-17)10-25-11-15-4-5-16(12-25)26(15)20(22)27/h2-3,6-9,15-16H,4-5,10-12H2,1H3,(H2,22,27). The lowest BCUT2D eigenvalue weighted by Crippen LogP contribution is -2.56. The number of amides is 2. The molecular weight excluding hydrogens is 386 g/mol. The molecule has 2 fully saturated rings. The third-order valence-corrected chi connectivity index (χ3v) is 6.87. The third kappa shape index (κ3) is 3.54. The first kappa shape index (κ1) is 18.3. The molecule has 2 aliphatic rings. The van der Waals surface area contributed by atoms with Crippen LogP contribution in [0.1, 0.15) is 24.0 Å². The summed E-state index contributed by atoms with van der Waals surface area (Å²) in [5.41, 5.74) is 8.66. The van der Waals surface area contributed by atoms with Crippen molar-refractivity contribution in [1.29, 1.82) is 0 Å². The van der Waals surface area contributed by atoms with Gasteiger partial charge in [-0.05, 0) is 49.1 Å². The first-order valence-corrected chi connectivity index (χ1v) is 10.7. The number of thiazole rings is 1. The van der Waals surface area contributed by atoms with Gasteiger partial charge in [0.2, 0.25) is 0 Å². The molecule has 2 atom stereocenters. The summed E-state index contributed by atoms with van der Waals surface area (Å²) in [6.07, 6.45) is 3.87. The molecular formula is C21H23N5O2S. The van der Waals surface area contributed by atoms with Gasteiger partial charge in [0.15, 0.2) is 5.65 Å². The number of rotatable bonds is 4. The molecule has 0 radical (unpaired) electrons. The number of aryl methyl sites for hydroxylation is 1. The molecule has 0 spiro atoms. The number of piperazine rings is 1. The average molecular weight is 410 g/mol. The van der Waals surface area contributed by atoms with Gasteiger partial charge in [-0.15, -0.1) is 0 Å². The zero-order chi connectivity index (χ0) is 20.0. The highest BCUT2D eigenvalue weighted by Crippen LogP contribution is 2.33. The van der Waals surface area contributed by atoms with Crippen molar-refractivity contribution in [2.75, 3.05) is 13.1 Å². The lowest BCUT2D eigenvalue weighted by atomic mass is 10.1. The number of nitrogens with zero attached hydrogens (tertiary/aromatic N) is 4. The molecule has 0 saturated carbocycles. The molecule has 4 heterocycles. The van der Waals surface area contributed by atoms with Crippen molar-refractivity contribution >= 4 is 27.7 Å². The highest BCUT2D eigenvalue weighted by Gasteiger charge is 2.41. The summed E-state index contributed by atoms with van der Waals surface area (Å²) < 4.78 is 7.00. The largest absolute Gasteiger partial charge is 0.431 e. The molecule has 2 aromatic heterocycles. The summed E-state index contributed by atoms with van der Waals surface area (Å²) in [5, 5.41) is 0.605. The molecule has 2 unspecified atom stereocenters. The number of aromatic nitrogens is 2. The summed E-state index contributed by atoms with van der Waals surface area (Å²) in [6.45, 7) is 4.69. The second-order valence-electron chi connectivity index (χ2n) is 7.83. The molecule has 7 nitrogen and oxygen atoms in total. The molecule has 8 heteroatoms. The van der Waals surface area contributed by atoms with Gasteiger partial charge in [-0.1, -0.05) is 23.5 Å². The van der Waals surface area contributed by atoms with Crippen molar-refractivity contribution in [2.24, 2.45) is 5.73 Å². The number of ether oxygens (including phenoxy) is 1. The highest BCUT2D eigenvalue weighted by molar-refractivity contribution is 7.20. The monoisotopic (exact) mass is 409 g/mol. The summed E-state index contributed by atoms with van der Waals surface area (Å²) >= 11 is 1.51. The zero-order valence-electron chi connectivity index (χ0n) is 16.2. The number of carbonyl (C=O) groups is 1. The van der Waals surface area contributed by atoms with Crippen LogP contribution in [0.25, 0.3) is 10.3 Å². The summed E-state index contributed by atoms with van der Waals surface area (Å²) in [7, 11) is 0. The fourth-order valence-corrected chi connectivity index (χ4v) is 5.34. The van der Waals surface area contributed by atoms with Crippen molar-refractivity contribution < 1.29 is 9.53 Å². The number of pyridine rings is 1. The van der Waals surface area contributed by atoms with Gasteiger partial charge in [0, 0.05) is 37.9 Å². The predicted octanol–water partition coefficient (Wildman–Crippen LogP) is 3.52. The van der Waals surface area contributed by atoms with Crippen molar-refractivity contribution in [3.05, 3.63) is 47.7 Å². The van der Waals surface area contributed by atoms with Gasteiger partial charge in [-0.25, -0.2) is 9.78 Å².